The van der Waals surface area contributed by atoms with Gasteiger partial charge in [-0.1, -0.05) is 135 Å². The summed E-state index contributed by atoms with van der Waals surface area (Å²) in [6, 6.07) is 32.5. The molecule has 68 heavy (non-hydrogen) atoms. The fourth-order valence-electron chi connectivity index (χ4n) is 7.60. The van der Waals surface area contributed by atoms with Crippen LogP contribution in [0.5, 0.6) is 28.7 Å². The van der Waals surface area contributed by atoms with E-state index in [9.17, 15) is 19.2 Å². The van der Waals surface area contributed by atoms with Crippen molar-refractivity contribution in [2.45, 2.75) is 142 Å². The van der Waals surface area contributed by atoms with Crippen LogP contribution in [0.25, 0.3) is 0 Å². The molecule has 0 aromatic heterocycles. The fraction of sp³-hybridized carbons (Fsp3) is 0.414. The first kappa shape index (κ1) is 52.5. The van der Waals surface area contributed by atoms with Crippen molar-refractivity contribution in [1.82, 2.24) is 0 Å². The van der Waals surface area contributed by atoms with Crippen molar-refractivity contribution in [3.8, 4) is 28.7 Å². The van der Waals surface area contributed by atoms with E-state index in [-0.39, 0.29) is 22.6 Å². The molecule has 0 fully saturated rings. The van der Waals surface area contributed by atoms with Crippen LogP contribution in [-0.4, -0.2) is 37.0 Å². The van der Waals surface area contributed by atoms with E-state index in [1.54, 1.807) is 91.0 Å². The van der Waals surface area contributed by atoms with Gasteiger partial charge in [-0.25, -0.2) is 14.4 Å². The Morgan fingerprint density at radius 3 is 1.12 bits per heavy atom. The number of rotatable bonds is 32. The summed E-state index contributed by atoms with van der Waals surface area (Å²) in [5, 5.41) is 2.80. The fourth-order valence-corrected chi connectivity index (χ4v) is 7.60. The number of carbonyl (C=O) groups excluding carboxylic acids is 4. The maximum absolute atomic E-state index is 13.1. The van der Waals surface area contributed by atoms with Gasteiger partial charge in [-0.3, -0.25) is 4.79 Å². The third kappa shape index (κ3) is 19.8. The maximum Gasteiger partial charge on any atom is 0.343 e. The minimum absolute atomic E-state index is 0.167. The number of hydrogen-bond donors (Lipinski definition) is 1. The minimum atomic E-state index is -0.653. The highest BCUT2D eigenvalue weighted by Crippen LogP contribution is 2.23. The van der Waals surface area contributed by atoms with E-state index in [1.165, 1.54) is 133 Å². The number of amides is 1. The predicted molar refractivity (Wildman–Crippen MR) is 270 cm³/mol. The van der Waals surface area contributed by atoms with Crippen molar-refractivity contribution in [2.24, 2.45) is 0 Å². The van der Waals surface area contributed by atoms with E-state index in [2.05, 4.69) is 19.2 Å². The average molecular weight is 926 g/mol. The molecule has 0 atom stereocenters. The van der Waals surface area contributed by atoms with Gasteiger partial charge >= 0.3 is 17.9 Å². The highest BCUT2D eigenvalue weighted by Gasteiger charge is 2.15. The lowest BCUT2D eigenvalue weighted by Crippen LogP contribution is -2.14. The smallest absolute Gasteiger partial charge is 0.343 e. The van der Waals surface area contributed by atoms with Gasteiger partial charge < -0.3 is 29.0 Å². The van der Waals surface area contributed by atoms with Crippen LogP contribution < -0.4 is 29.0 Å². The number of hydrogen-bond acceptors (Lipinski definition) is 9. The number of nitrogens with one attached hydrogen (secondary N) is 1. The first-order valence-corrected chi connectivity index (χ1v) is 25.0. The standard InChI is InChI=1S/C58H71NO9/c1-3-5-7-9-11-13-15-17-19-21-42-64-50-34-28-46(29-35-50)57(62)66-52-36-30-47(31-37-52)58(63)68-54-25-23-24-48(44-54)55(60)59-49-32-26-45(27-33-49)56(61)67-53-40-38-51(39-41-53)65-43-22-20-18-16-14-12-10-8-6-4-2/h23-41,44H,3-22,42-43H2,1-2H3,(H,59,60). The molecule has 0 radical (unpaired) electrons. The lowest BCUT2D eigenvalue weighted by Gasteiger charge is -2.10. The van der Waals surface area contributed by atoms with Gasteiger partial charge in [0.05, 0.1) is 29.9 Å². The summed E-state index contributed by atoms with van der Waals surface area (Å²) in [6.45, 7) is 5.79. The van der Waals surface area contributed by atoms with Gasteiger partial charge in [0.25, 0.3) is 5.91 Å². The molecule has 362 valence electrons. The second kappa shape index (κ2) is 30.8. The van der Waals surface area contributed by atoms with Crippen LogP contribution in [0.2, 0.25) is 0 Å². The molecule has 5 aromatic carbocycles. The molecular weight excluding hydrogens is 855 g/mol. The molecule has 5 aromatic rings. The van der Waals surface area contributed by atoms with Gasteiger partial charge in [-0.2, -0.15) is 0 Å². The van der Waals surface area contributed by atoms with Gasteiger partial charge in [-0.05, 0) is 128 Å². The molecular formula is C58H71NO9. The summed E-state index contributed by atoms with van der Waals surface area (Å²) in [5.41, 5.74) is 1.63. The number of benzene rings is 5. The Bertz CT molecular complexity index is 2240. The third-order valence-electron chi connectivity index (χ3n) is 11.6. The molecule has 5 rings (SSSR count). The lowest BCUT2D eigenvalue weighted by atomic mass is 10.1. The normalized spacial score (nSPS) is 10.9. The van der Waals surface area contributed by atoms with Crippen molar-refractivity contribution < 1.29 is 42.9 Å². The summed E-state index contributed by atoms with van der Waals surface area (Å²) >= 11 is 0. The van der Waals surface area contributed by atoms with E-state index in [0.717, 1.165) is 31.4 Å². The highest BCUT2D eigenvalue weighted by atomic mass is 16.5. The molecule has 1 amide bonds. The van der Waals surface area contributed by atoms with Crippen LogP contribution in [0.3, 0.4) is 0 Å². The van der Waals surface area contributed by atoms with Gasteiger partial charge in [0.2, 0.25) is 0 Å². The van der Waals surface area contributed by atoms with E-state index in [1.807, 2.05) is 0 Å². The van der Waals surface area contributed by atoms with Crippen molar-refractivity contribution in [3.63, 3.8) is 0 Å². The Morgan fingerprint density at radius 1 is 0.353 bits per heavy atom. The van der Waals surface area contributed by atoms with Crippen LogP contribution >= 0.6 is 0 Å². The average Bonchev–Trinajstić information content (AvgIpc) is 3.36. The van der Waals surface area contributed by atoms with Crippen molar-refractivity contribution in [2.75, 3.05) is 18.5 Å². The van der Waals surface area contributed by atoms with Gasteiger partial charge in [0.1, 0.15) is 28.7 Å². The molecule has 0 unspecified atom stereocenters. The second-order valence-electron chi connectivity index (χ2n) is 17.3. The number of carbonyl (C=O) groups is 4. The molecule has 10 nitrogen and oxygen atoms in total. The summed E-state index contributed by atoms with van der Waals surface area (Å²) in [6.07, 6.45) is 25.3. The largest absolute Gasteiger partial charge is 0.494 e. The molecule has 0 aliphatic heterocycles. The van der Waals surface area contributed by atoms with E-state index in [4.69, 9.17) is 23.7 Å². The van der Waals surface area contributed by atoms with E-state index < -0.39 is 23.8 Å². The molecule has 0 aliphatic rings. The van der Waals surface area contributed by atoms with Crippen LogP contribution in [0.15, 0.2) is 121 Å². The van der Waals surface area contributed by atoms with Crippen molar-refractivity contribution in [3.05, 3.63) is 144 Å². The quantitative estimate of drug-likeness (QED) is 0.0255. The predicted octanol–water partition coefficient (Wildman–Crippen LogP) is 15.2. The SMILES string of the molecule is CCCCCCCCCCCCOc1ccc(OC(=O)c2ccc(NC(=O)c3cccc(OC(=O)c4ccc(OC(=O)c5ccc(OCCCCCCCCCCCC)cc5)cc4)c3)cc2)cc1. The molecule has 10 heteroatoms. The molecule has 0 bridgehead atoms. The Labute approximate surface area is 404 Å². The Morgan fingerprint density at radius 2 is 0.691 bits per heavy atom. The summed E-state index contributed by atoms with van der Waals surface area (Å²) in [4.78, 5) is 51.8. The lowest BCUT2D eigenvalue weighted by molar-refractivity contribution is 0.0723. The first-order chi connectivity index (χ1) is 33.3. The topological polar surface area (TPSA) is 126 Å². The number of unbranched alkanes of at least 4 members (excludes halogenated alkanes) is 18. The molecule has 0 heterocycles. The van der Waals surface area contributed by atoms with Crippen molar-refractivity contribution >= 4 is 29.5 Å². The van der Waals surface area contributed by atoms with Crippen LogP contribution in [0.4, 0.5) is 5.69 Å². The zero-order valence-corrected chi connectivity index (χ0v) is 40.3. The van der Waals surface area contributed by atoms with E-state index in [0.29, 0.717) is 41.5 Å². The number of esters is 3. The first-order valence-electron chi connectivity index (χ1n) is 25.0. The maximum atomic E-state index is 13.1. The minimum Gasteiger partial charge on any atom is -0.494 e. The number of ether oxygens (including phenoxy) is 5. The molecule has 0 saturated heterocycles. The summed E-state index contributed by atoms with van der Waals surface area (Å²) < 4.78 is 28.4. The summed E-state index contributed by atoms with van der Waals surface area (Å²) in [5.74, 6) is 0.106. The highest BCUT2D eigenvalue weighted by molar-refractivity contribution is 6.05. The summed E-state index contributed by atoms with van der Waals surface area (Å²) in [7, 11) is 0. The Kier molecular flexibility index (Phi) is 23.8. The Balaban J connectivity index is 0.975. The molecule has 1 N–H and O–H groups in total. The zero-order chi connectivity index (χ0) is 48.0. The molecule has 0 saturated carbocycles. The third-order valence-corrected chi connectivity index (χ3v) is 11.6. The van der Waals surface area contributed by atoms with Crippen LogP contribution in [-0.2, 0) is 0 Å². The molecule has 0 aliphatic carbocycles. The van der Waals surface area contributed by atoms with E-state index >= 15 is 0 Å². The van der Waals surface area contributed by atoms with Gasteiger partial charge in [0, 0.05) is 11.3 Å². The zero-order valence-electron chi connectivity index (χ0n) is 40.3. The van der Waals surface area contributed by atoms with Gasteiger partial charge in [0.15, 0.2) is 0 Å². The second-order valence-corrected chi connectivity index (χ2v) is 17.3. The Hall–Kier alpha value is -6.42. The monoisotopic (exact) mass is 926 g/mol. The number of anilines is 1. The van der Waals surface area contributed by atoms with Crippen molar-refractivity contribution in [1.29, 1.82) is 0 Å². The van der Waals surface area contributed by atoms with Crippen LogP contribution in [0.1, 0.15) is 184 Å². The van der Waals surface area contributed by atoms with Gasteiger partial charge in [-0.15, -0.1) is 0 Å². The van der Waals surface area contributed by atoms with Crippen LogP contribution in [0, 0.1) is 0 Å². The molecule has 0 spiro atoms.